The number of primary amides is 2. The van der Waals surface area contributed by atoms with Gasteiger partial charge >= 0.3 is 0 Å². The number of methoxy groups -OCH3 is 1. The molecule has 0 saturated heterocycles. The summed E-state index contributed by atoms with van der Waals surface area (Å²) in [7, 11) is 1.52. The summed E-state index contributed by atoms with van der Waals surface area (Å²) in [5, 5.41) is 0.729. The van der Waals surface area contributed by atoms with Crippen LogP contribution >= 0.6 is 22.9 Å². The molecule has 2 atom stereocenters. The minimum absolute atomic E-state index is 0.211. The summed E-state index contributed by atoms with van der Waals surface area (Å²) in [6.45, 7) is 0.255. The molecule has 10 heteroatoms. The Kier molecular flexibility index (Phi) is 5.74. The number of nitrogens with zero attached hydrogens (tertiary/aromatic N) is 2. The molecule has 0 saturated carbocycles. The van der Waals surface area contributed by atoms with E-state index in [-0.39, 0.29) is 24.6 Å². The summed E-state index contributed by atoms with van der Waals surface area (Å²) in [6, 6.07) is 9.02. The van der Waals surface area contributed by atoms with Crippen LogP contribution in [-0.4, -0.2) is 42.0 Å². The third-order valence-electron chi connectivity index (χ3n) is 5.47. The Bertz CT molecular complexity index is 1190. The highest BCUT2D eigenvalue weighted by atomic mass is 35.5. The Balaban J connectivity index is 1.89. The van der Waals surface area contributed by atoms with E-state index in [0.29, 0.717) is 21.3 Å². The first-order chi connectivity index (χ1) is 14.8. The number of aromatic nitrogens is 1. The number of hydrogen-bond acceptors (Lipinski definition) is 5. The molecule has 162 valence electrons. The number of carbonyl (C=O) groups excluding carboxylic acids is 3. The maximum atomic E-state index is 13.8. The summed E-state index contributed by atoms with van der Waals surface area (Å²) in [6.07, 6.45) is 0.577. The minimum Gasteiger partial charge on any atom is -0.385 e. The molecule has 0 fully saturated rings. The van der Waals surface area contributed by atoms with Crippen molar-refractivity contribution in [2.45, 2.75) is 24.9 Å². The van der Waals surface area contributed by atoms with Gasteiger partial charge < -0.3 is 20.8 Å². The van der Waals surface area contributed by atoms with E-state index >= 15 is 0 Å². The van der Waals surface area contributed by atoms with E-state index in [2.05, 4.69) is 0 Å². The molecule has 3 amide bonds. The second-order valence-corrected chi connectivity index (χ2v) is 8.99. The lowest BCUT2D eigenvalue weighted by Gasteiger charge is -2.39. The first kappa shape index (κ1) is 21.4. The van der Waals surface area contributed by atoms with Gasteiger partial charge in [0.25, 0.3) is 11.8 Å². The lowest BCUT2D eigenvalue weighted by atomic mass is 9.94. The average molecular weight is 461 g/mol. The predicted molar refractivity (Wildman–Crippen MR) is 119 cm³/mol. The molecule has 0 radical (unpaired) electrons. The van der Waals surface area contributed by atoms with Crippen LogP contribution in [0, 0.1) is 0 Å². The molecule has 0 bridgehead atoms. The van der Waals surface area contributed by atoms with Gasteiger partial charge in [0.1, 0.15) is 22.6 Å². The van der Waals surface area contributed by atoms with Gasteiger partial charge in [0.15, 0.2) is 0 Å². The molecule has 8 nitrogen and oxygen atoms in total. The maximum Gasteiger partial charge on any atom is 0.265 e. The number of hydrogen-bond donors (Lipinski definition) is 2. The van der Waals surface area contributed by atoms with E-state index in [9.17, 15) is 14.4 Å². The monoisotopic (exact) mass is 460 g/mol. The molecule has 2 aromatic heterocycles. The van der Waals surface area contributed by atoms with E-state index in [1.807, 2.05) is 12.1 Å². The number of anilines is 1. The van der Waals surface area contributed by atoms with Gasteiger partial charge in [-0.3, -0.25) is 19.3 Å². The maximum absolute atomic E-state index is 13.8. The van der Waals surface area contributed by atoms with E-state index in [1.165, 1.54) is 23.3 Å². The quantitative estimate of drug-likeness (QED) is 0.562. The standard InChI is InChI=1S/C21H21ClN4O4S/c1-30-7-6-14(18(23)27)25-13-5-3-2-4-11(13)8-16(20(25)29)26-15(19(24)28)9-12-10-17(22)31-21(12)26/h2-5,9-10,14,16H,6-8H2,1H3,(H2,23,27)(H2,24,28). The summed E-state index contributed by atoms with van der Waals surface area (Å²) in [4.78, 5) is 40.4. The topological polar surface area (TPSA) is 121 Å². The lowest BCUT2D eigenvalue weighted by Crippen LogP contribution is -2.53. The molecule has 3 aromatic rings. The Labute approximate surface area is 187 Å². The predicted octanol–water partition coefficient (Wildman–Crippen LogP) is 2.48. The normalized spacial score (nSPS) is 17.0. The zero-order valence-electron chi connectivity index (χ0n) is 16.7. The summed E-state index contributed by atoms with van der Waals surface area (Å²) < 4.78 is 7.29. The van der Waals surface area contributed by atoms with E-state index in [4.69, 9.17) is 27.8 Å². The number of amides is 3. The van der Waals surface area contributed by atoms with Crippen LogP contribution < -0.4 is 16.4 Å². The van der Waals surface area contributed by atoms with Crippen LogP contribution in [0.2, 0.25) is 4.34 Å². The number of benzene rings is 1. The smallest absolute Gasteiger partial charge is 0.265 e. The number of fused-ring (bicyclic) bond motifs is 2. The highest BCUT2D eigenvalue weighted by Crippen LogP contribution is 2.40. The van der Waals surface area contributed by atoms with E-state index < -0.39 is 23.9 Å². The summed E-state index contributed by atoms with van der Waals surface area (Å²) in [5.41, 5.74) is 13.0. The lowest BCUT2D eigenvalue weighted by molar-refractivity contribution is -0.127. The Morgan fingerprint density at radius 3 is 2.71 bits per heavy atom. The fourth-order valence-corrected chi connectivity index (χ4v) is 5.39. The van der Waals surface area contributed by atoms with Crippen molar-refractivity contribution < 1.29 is 19.1 Å². The van der Waals surface area contributed by atoms with Gasteiger partial charge in [-0.1, -0.05) is 29.8 Å². The average Bonchev–Trinajstić information content (AvgIpc) is 3.25. The van der Waals surface area contributed by atoms with Crippen LogP contribution in [0.1, 0.15) is 28.5 Å². The first-order valence-corrected chi connectivity index (χ1v) is 10.8. The van der Waals surface area contributed by atoms with Gasteiger partial charge in [0.05, 0.1) is 4.34 Å². The molecule has 31 heavy (non-hydrogen) atoms. The molecule has 1 aliphatic heterocycles. The van der Waals surface area contributed by atoms with E-state index in [1.54, 1.807) is 28.8 Å². The molecular formula is C21H21ClN4O4S. The first-order valence-electron chi connectivity index (χ1n) is 9.62. The fourth-order valence-electron chi connectivity index (χ4n) is 4.13. The van der Waals surface area contributed by atoms with Crippen molar-refractivity contribution in [1.82, 2.24) is 4.57 Å². The molecule has 0 spiro atoms. The number of halogens is 1. The highest BCUT2D eigenvalue weighted by molar-refractivity contribution is 7.22. The van der Waals surface area contributed by atoms with Crippen molar-refractivity contribution in [2.24, 2.45) is 11.5 Å². The number of carbonyl (C=O) groups is 3. The van der Waals surface area contributed by atoms with Gasteiger partial charge in [-0.05, 0) is 23.8 Å². The number of rotatable bonds is 7. The third kappa shape index (κ3) is 3.69. The molecular weight excluding hydrogens is 440 g/mol. The summed E-state index contributed by atoms with van der Waals surface area (Å²) in [5.74, 6) is -1.63. The summed E-state index contributed by atoms with van der Waals surface area (Å²) >= 11 is 7.44. The van der Waals surface area contributed by atoms with Crippen molar-refractivity contribution >= 4 is 56.6 Å². The zero-order chi connectivity index (χ0) is 22.3. The molecule has 1 aliphatic rings. The van der Waals surface area contributed by atoms with Gasteiger partial charge in [0.2, 0.25) is 5.91 Å². The molecule has 4 rings (SSSR count). The molecule has 2 unspecified atom stereocenters. The van der Waals surface area contributed by atoms with Crippen LogP contribution in [0.4, 0.5) is 5.69 Å². The van der Waals surface area contributed by atoms with Gasteiger partial charge in [0, 0.05) is 37.6 Å². The van der Waals surface area contributed by atoms with Crippen LogP contribution in [0.3, 0.4) is 0 Å². The number of thiophene rings is 1. The molecule has 1 aromatic carbocycles. The van der Waals surface area contributed by atoms with E-state index in [0.717, 1.165) is 10.9 Å². The SMILES string of the molecule is COCCC(C(N)=O)N1C(=O)C(n2c(C(N)=O)cc3cc(Cl)sc32)Cc2ccccc21. The van der Waals surface area contributed by atoms with Crippen LogP contribution in [0.5, 0.6) is 0 Å². The Hall–Kier alpha value is -2.88. The van der Waals surface area contributed by atoms with Crippen molar-refractivity contribution in [3.8, 4) is 0 Å². The third-order valence-corrected chi connectivity index (χ3v) is 6.75. The molecule has 0 aliphatic carbocycles. The Morgan fingerprint density at radius 1 is 1.29 bits per heavy atom. The molecule has 4 N–H and O–H groups in total. The number of para-hydroxylation sites is 1. The van der Waals surface area contributed by atoms with Gasteiger partial charge in [-0.2, -0.15) is 0 Å². The Morgan fingerprint density at radius 2 is 2.03 bits per heavy atom. The van der Waals surface area contributed by atoms with Crippen molar-refractivity contribution in [3.63, 3.8) is 0 Å². The second kappa shape index (κ2) is 8.33. The largest absolute Gasteiger partial charge is 0.385 e. The van der Waals surface area contributed by atoms with Crippen LogP contribution in [-0.2, 0) is 20.7 Å². The van der Waals surface area contributed by atoms with Crippen molar-refractivity contribution in [2.75, 3.05) is 18.6 Å². The van der Waals surface area contributed by atoms with Gasteiger partial charge in [-0.25, -0.2) is 0 Å². The van der Waals surface area contributed by atoms with Gasteiger partial charge in [-0.15, -0.1) is 11.3 Å². The van der Waals surface area contributed by atoms with Crippen LogP contribution in [0.15, 0.2) is 36.4 Å². The zero-order valence-corrected chi connectivity index (χ0v) is 18.3. The highest BCUT2D eigenvalue weighted by Gasteiger charge is 2.41. The number of ether oxygens (including phenoxy) is 1. The molecule has 3 heterocycles. The van der Waals surface area contributed by atoms with Crippen LogP contribution in [0.25, 0.3) is 10.2 Å². The fraction of sp³-hybridized carbons (Fsp3) is 0.286. The number of nitrogens with two attached hydrogens (primary N) is 2. The minimum atomic E-state index is -0.897. The van der Waals surface area contributed by atoms with Crippen molar-refractivity contribution in [3.05, 3.63) is 52.0 Å². The van der Waals surface area contributed by atoms with Crippen molar-refractivity contribution in [1.29, 1.82) is 0 Å². The second-order valence-electron chi connectivity index (χ2n) is 7.33.